The van der Waals surface area contributed by atoms with Gasteiger partial charge in [0.05, 0.1) is 6.04 Å². The van der Waals surface area contributed by atoms with Gasteiger partial charge in [-0.1, -0.05) is 24.3 Å². The van der Waals surface area contributed by atoms with Gasteiger partial charge in [0.25, 0.3) is 0 Å². The first-order valence-corrected chi connectivity index (χ1v) is 8.09. The summed E-state index contributed by atoms with van der Waals surface area (Å²) >= 11 is 1.89. The fourth-order valence-electron chi connectivity index (χ4n) is 3.19. The van der Waals surface area contributed by atoms with E-state index in [9.17, 15) is 0 Å². The van der Waals surface area contributed by atoms with Crippen LogP contribution in [0.4, 0.5) is 0 Å². The van der Waals surface area contributed by atoms with Crippen LogP contribution in [0.15, 0.2) is 42.7 Å². The van der Waals surface area contributed by atoms with Gasteiger partial charge in [-0.3, -0.25) is 10.8 Å². The summed E-state index contributed by atoms with van der Waals surface area (Å²) in [5, 5.41) is 2.36. The number of thiophene rings is 1. The van der Waals surface area contributed by atoms with Crippen molar-refractivity contribution in [1.82, 2.24) is 10.4 Å². The van der Waals surface area contributed by atoms with Crippen LogP contribution >= 0.6 is 11.3 Å². The van der Waals surface area contributed by atoms with Crippen LogP contribution in [0.3, 0.4) is 0 Å². The van der Waals surface area contributed by atoms with Crippen molar-refractivity contribution in [2.75, 3.05) is 0 Å². The number of hydrogen-bond donors (Lipinski definition) is 2. The Labute approximate surface area is 127 Å². The molecule has 2 aromatic heterocycles. The first-order valence-electron chi connectivity index (χ1n) is 7.27. The third-order valence-corrected chi connectivity index (χ3v) is 5.53. The molecular weight excluding hydrogens is 278 g/mol. The first-order chi connectivity index (χ1) is 10.4. The molecule has 1 aromatic carbocycles. The van der Waals surface area contributed by atoms with E-state index in [1.807, 2.05) is 29.8 Å². The maximum absolute atomic E-state index is 5.88. The monoisotopic (exact) mass is 295 g/mol. The van der Waals surface area contributed by atoms with Crippen LogP contribution < -0.4 is 11.3 Å². The lowest BCUT2D eigenvalue weighted by Crippen LogP contribution is -2.28. The fourth-order valence-corrected chi connectivity index (χ4v) is 4.53. The second-order valence-electron chi connectivity index (χ2n) is 5.50. The van der Waals surface area contributed by atoms with Crippen LogP contribution in [-0.4, -0.2) is 4.98 Å². The molecule has 1 aliphatic rings. The molecule has 0 aliphatic heterocycles. The molecule has 0 saturated carbocycles. The second kappa shape index (κ2) is 5.22. The van der Waals surface area contributed by atoms with Gasteiger partial charge >= 0.3 is 0 Å². The molecule has 106 valence electrons. The number of aromatic nitrogens is 1. The number of aryl methyl sites for hydroxylation is 2. The lowest BCUT2D eigenvalue weighted by Gasteiger charge is -2.16. The molecule has 0 spiro atoms. The Balaban J connectivity index is 1.84. The van der Waals surface area contributed by atoms with Gasteiger partial charge in [0.1, 0.15) is 0 Å². The van der Waals surface area contributed by atoms with Crippen LogP contribution in [0.25, 0.3) is 10.8 Å². The Hall–Kier alpha value is -1.75. The molecule has 3 nitrogen and oxygen atoms in total. The van der Waals surface area contributed by atoms with Crippen LogP contribution in [0.1, 0.15) is 33.3 Å². The standard InChI is InChI=1S/C17H17N3S/c18-20-17(16-8-11-5-3-7-15(11)21-16)14-10-19-9-12-4-1-2-6-13(12)14/h1-2,4,6,8-10,17,20H,3,5,7,18H2. The second-order valence-corrected chi connectivity index (χ2v) is 6.67. The highest BCUT2D eigenvalue weighted by Crippen LogP contribution is 2.37. The summed E-state index contributed by atoms with van der Waals surface area (Å²) in [6.07, 6.45) is 7.54. The van der Waals surface area contributed by atoms with Gasteiger partial charge in [0, 0.05) is 33.1 Å². The highest BCUT2D eigenvalue weighted by Gasteiger charge is 2.22. The third-order valence-electron chi connectivity index (χ3n) is 4.23. The quantitative estimate of drug-likeness (QED) is 0.575. The third kappa shape index (κ3) is 2.16. The number of fused-ring (bicyclic) bond motifs is 2. The van der Waals surface area contributed by atoms with E-state index in [1.54, 1.807) is 0 Å². The fraction of sp³-hybridized carbons (Fsp3) is 0.235. The minimum Gasteiger partial charge on any atom is -0.271 e. The summed E-state index contributed by atoms with van der Waals surface area (Å²) in [6, 6.07) is 10.7. The van der Waals surface area contributed by atoms with Crippen molar-refractivity contribution in [3.05, 3.63) is 63.6 Å². The molecule has 3 aromatic rings. The molecule has 4 rings (SSSR count). The molecule has 1 unspecified atom stereocenters. The van der Waals surface area contributed by atoms with Gasteiger partial charge in [-0.05, 0) is 36.3 Å². The molecule has 1 aliphatic carbocycles. The zero-order valence-electron chi connectivity index (χ0n) is 11.7. The van der Waals surface area contributed by atoms with Crippen molar-refractivity contribution >= 4 is 22.1 Å². The van der Waals surface area contributed by atoms with Gasteiger partial charge in [0.15, 0.2) is 0 Å². The van der Waals surface area contributed by atoms with Crippen molar-refractivity contribution in [2.24, 2.45) is 5.84 Å². The Morgan fingerprint density at radius 2 is 2.10 bits per heavy atom. The molecular formula is C17H17N3S. The molecule has 0 bridgehead atoms. The van der Waals surface area contributed by atoms with Crippen LogP contribution in [0.5, 0.6) is 0 Å². The minimum atomic E-state index is 0.0131. The maximum Gasteiger partial charge on any atom is 0.0823 e. The largest absolute Gasteiger partial charge is 0.271 e. The van der Waals surface area contributed by atoms with Crippen molar-refractivity contribution in [3.8, 4) is 0 Å². The molecule has 1 atom stereocenters. The van der Waals surface area contributed by atoms with Crippen molar-refractivity contribution < 1.29 is 0 Å². The molecule has 4 heteroatoms. The molecule has 0 radical (unpaired) electrons. The molecule has 2 heterocycles. The highest BCUT2D eigenvalue weighted by molar-refractivity contribution is 7.12. The van der Waals surface area contributed by atoms with Gasteiger partial charge < -0.3 is 0 Å². The number of benzene rings is 1. The van der Waals surface area contributed by atoms with Crippen molar-refractivity contribution in [3.63, 3.8) is 0 Å². The predicted molar refractivity (Wildman–Crippen MR) is 87.3 cm³/mol. The lowest BCUT2D eigenvalue weighted by atomic mass is 10.0. The number of nitrogens with zero attached hydrogens (tertiary/aromatic N) is 1. The van der Waals surface area contributed by atoms with E-state index >= 15 is 0 Å². The van der Waals surface area contributed by atoms with E-state index in [-0.39, 0.29) is 6.04 Å². The topological polar surface area (TPSA) is 50.9 Å². The normalized spacial score (nSPS) is 15.3. The zero-order valence-corrected chi connectivity index (χ0v) is 12.5. The molecule has 3 N–H and O–H groups in total. The zero-order chi connectivity index (χ0) is 14.2. The Bertz CT molecular complexity index is 767. The van der Waals surface area contributed by atoms with Gasteiger partial charge in [0.2, 0.25) is 0 Å². The van der Waals surface area contributed by atoms with Crippen molar-refractivity contribution in [1.29, 1.82) is 0 Å². The van der Waals surface area contributed by atoms with Gasteiger partial charge in [-0.25, -0.2) is 5.43 Å². The maximum atomic E-state index is 5.88. The smallest absolute Gasteiger partial charge is 0.0823 e. The summed E-state index contributed by atoms with van der Waals surface area (Å²) in [4.78, 5) is 7.20. The predicted octanol–water partition coefficient (Wildman–Crippen LogP) is 3.34. The highest BCUT2D eigenvalue weighted by atomic mass is 32.1. The molecule has 0 fully saturated rings. The summed E-state index contributed by atoms with van der Waals surface area (Å²) < 4.78 is 0. The van der Waals surface area contributed by atoms with E-state index in [1.165, 1.54) is 40.0 Å². The minimum absolute atomic E-state index is 0.0131. The Morgan fingerprint density at radius 1 is 1.19 bits per heavy atom. The first kappa shape index (κ1) is 13.0. The van der Waals surface area contributed by atoms with Crippen LogP contribution in [0.2, 0.25) is 0 Å². The molecule has 0 amide bonds. The van der Waals surface area contributed by atoms with E-state index in [2.05, 4.69) is 34.7 Å². The van der Waals surface area contributed by atoms with E-state index < -0.39 is 0 Å². The number of hydrogen-bond acceptors (Lipinski definition) is 4. The Morgan fingerprint density at radius 3 is 2.95 bits per heavy atom. The number of rotatable bonds is 3. The number of nitrogens with one attached hydrogen (secondary N) is 1. The number of hydrazine groups is 1. The van der Waals surface area contributed by atoms with Gasteiger partial charge in [-0.15, -0.1) is 11.3 Å². The van der Waals surface area contributed by atoms with E-state index in [4.69, 9.17) is 5.84 Å². The number of nitrogens with two attached hydrogens (primary N) is 1. The Kier molecular flexibility index (Phi) is 3.22. The summed E-state index contributed by atoms with van der Waals surface area (Å²) in [5.74, 6) is 5.88. The van der Waals surface area contributed by atoms with Crippen molar-refractivity contribution in [2.45, 2.75) is 25.3 Å². The van der Waals surface area contributed by atoms with E-state index in [0.29, 0.717) is 0 Å². The average Bonchev–Trinajstić information content (AvgIpc) is 3.10. The molecule has 21 heavy (non-hydrogen) atoms. The summed E-state index contributed by atoms with van der Waals surface area (Å²) in [6.45, 7) is 0. The number of pyridine rings is 1. The lowest BCUT2D eigenvalue weighted by molar-refractivity contribution is 0.648. The summed E-state index contributed by atoms with van der Waals surface area (Å²) in [7, 11) is 0. The summed E-state index contributed by atoms with van der Waals surface area (Å²) in [5.41, 5.74) is 5.64. The molecule has 0 saturated heterocycles. The van der Waals surface area contributed by atoms with Crippen LogP contribution in [0, 0.1) is 0 Å². The van der Waals surface area contributed by atoms with Gasteiger partial charge in [-0.2, -0.15) is 0 Å². The van der Waals surface area contributed by atoms with Crippen LogP contribution in [-0.2, 0) is 12.8 Å². The average molecular weight is 295 g/mol. The SMILES string of the molecule is NNC(c1cc2c(s1)CCC2)c1cncc2ccccc12. The van der Waals surface area contributed by atoms with E-state index in [0.717, 1.165) is 10.9 Å².